The first kappa shape index (κ1) is 52.1. The Balaban J connectivity index is 2.54. The molecule has 56 heavy (non-hydrogen) atoms. The van der Waals surface area contributed by atoms with Crippen molar-refractivity contribution in [3.63, 3.8) is 0 Å². The predicted molar refractivity (Wildman–Crippen MR) is 218 cm³/mol. The number of allylic oxidation sites excluding steroid dienone is 3. The fourth-order valence-corrected chi connectivity index (χ4v) is 7.30. The zero-order chi connectivity index (χ0) is 41.7. The van der Waals surface area contributed by atoms with Crippen LogP contribution in [0, 0.1) is 11.8 Å². The molecule has 0 heterocycles. The van der Waals surface area contributed by atoms with Crippen LogP contribution in [-0.4, -0.2) is 98.2 Å². The summed E-state index contributed by atoms with van der Waals surface area (Å²) in [4.78, 5) is 50.2. The van der Waals surface area contributed by atoms with E-state index in [2.05, 4.69) is 13.8 Å². The molecule has 1 saturated carbocycles. The molecule has 0 saturated heterocycles. The van der Waals surface area contributed by atoms with Gasteiger partial charge in [-0.05, 0) is 32.1 Å². The van der Waals surface area contributed by atoms with E-state index in [0.29, 0.717) is 43.1 Å². The number of ether oxygens (including phenoxy) is 2. The summed E-state index contributed by atoms with van der Waals surface area (Å²) in [5, 5.41) is 20.7. The third-order valence-corrected chi connectivity index (χ3v) is 11.1. The van der Waals surface area contributed by atoms with Gasteiger partial charge in [-0.15, -0.1) is 0 Å². The number of quaternary nitrogens is 1. The number of esters is 2. The first-order valence-electron chi connectivity index (χ1n) is 21.6. The average molecular weight is 816 g/mol. The van der Waals surface area contributed by atoms with E-state index < -0.39 is 50.6 Å². The number of aliphatic hydroxyl groups excluding tert-OH is 2. The van der Waals surface area contributed by atoms with Gasteiger partial charge in [-0.2, -0.15) is 0 Å². The molecule has 1 unspecified atom stereocenters. The fourth-order valence-electron chi connectivity index (χ4n) is 6.58. The van der Waals surface area contributed by atoms with Crippen molar-refractivity contribution < 1.29 is 57.1 Å². The van der Waals surface area contributed by atoms with E-state index in [0.717, 1.165) is 38.5 Å². The second-order valence-corrected chi connectivity index (χ2v) is 17.9. The van der Waals surface area contributed by atoms with Crippen molar-refractivity contribution in [3.05, 3.63) is 24.3 Å². The van der Waals surface area contributed by atoms with Crippen molar-refractivity contribution in [2.45, 2.75) is 173 Å². The van der Waals surface area contributed by atoms with Crippen LogP contribution in [0.4, 0.5) is 0 Å². The number of aliphatic hydroxyl groups is 2. The number of rotatable bonds is 35. The first-order chi connectivity index (χ1) is 26.7. The summed E-state index contributed by atoms with van der Waals surface area (Å²) in [6, 6.07) is 0. The molecular formula is C43H78NO11P. The number of phosphoric acid groups is 1. The summed E-state index contributed by atoms with van der Waals surface area (Å²) < 4.78 is 33.8. The zero-order valence-corrected chi connectivity index (χ0v) is 36.4. The molecule has 0 aromatic rings. The number of hydrogen-bond acceptors (Lipinski definition) is 11. The lowest BCUT2D eigenvalue weighted by Gasteiger charge is -2.28. The lowest BCUT2D eigenvalue weighted by Crippen LogP contribution is -2.37. The maximum absolute atomic E-state index is 12.8. The van der Waals surface area contributed by atoms with Crippen LogP contribution >= 0.6 is 7.82 Å². The Hall–Kier alpha value is -1.92. The number of Topliss-reactive ketones (excluding diaryl/α,β-unsaturated/α-hetero) is 1. The van der Waals surface area contributed by atoms with E-state index in [9.17, 15) is 34.1 Å². The molecule has 326 valence electrons. The Morgan fingerprint density at radius 1 is 0.839 bits per heavy atom. The first-order valence-corrected chi connectivity index (χ1v) is 23.1. The van der Waals surface area contributed by atoms with Gasteiger partial charge in [0.1, 0.15) is 25.5 Å². The molecule has 0 aromatic heterocycles. The van der Waals surface area contributed by atoms with Gasteiger partial charge >= 0.3 is 11.9 Å². The van der Waals surface area contributed by atoms with Crippen LogP contribution in [0.1, 0.15) is 155 Å². The summed E-state index contributed by atoms with van der Waals surface area (Å²) >= 11 is 0. The van der Waals surface area contributed by atoms with Crippen LogP contribution in [0.2, 0.25) is 0 Å². The molecule has 6 atom stereocenters. The van der Waals surface area contributed by atoms with Crippen molar-refractivity contribution in [1.82, 2.24) is 0 Å². The number of phosphoric ester groups is 1. The summed E-state index contributed by atoms with van der Waals surface area (Å²) in [7, 11) is 1.00. The lowest BCUT2D eigenvalue weighted by molar-refractivity contribution is -0.870. The highest BCUT2D eigenvalue weighted by molar-refractivity contribution is 7.45. The minimum Gasteiger partial charge on any atom is -0.756 e. The SMILES string of the molecule is CCCCCCCCCCCCCCC(=O)OC[C@H](COP(=O)([O-])OCC[N+](C)(C)C)OC(=O)CCC/C=C\C[C@H]1[C@@H](O)CC(=O)[C@@H]1/C=C/[C@@H](O)CCCCC. The third-order valence-electron chi connectivity index (χ3n) is 10.1. The largest absolute Gasteiger partial charge is 0.756 e. The number of carbonyl (C=O) groups is 3. The van der Waals surface area contributed by atoms with E-state index >= 15 is 0 Å². The van der Waals surface area contributed by atoms with Gasteiger partial charge in [0, 0.05) is 31.1 Å². The van der Waals surface area contributed by atoms with E-state index in [4.69, 9.17) is 18.5 Å². The van der Waals surface area contributed by atoms with Gasteiger partial charge < -0.3 is 38.1 Å². The van der Waals surface area contributed by atoms with Crippen molar-refractivity contribution in [1.29, 1.82) is 0 Å². The normalized spacial score (nSPS) is 19.8. The molecule has 1 rings (SSSR count). The van der Waals surface area contributed by atoms with Crippen LogP contribution < -0.4 is 4.89 Å². The van der Waals surface area contributed by atoms with Crippen LogP contribution in [0.25, 0.3) is 0 Å². The summed E-state index contributed by atoms with van der Waals surface area (Å²) in [6.45, 7) is 3.80. The minimum atomic E-state index is -4.69. The van der Waals surface area contributed by atoms with E-state index in [1.807, 2.05) is 33.3 Å². The van der Waals surface area contributed by atoms with Gasteiger partial charge in [-0.1, -0.05) is 128 Å². The van der Waals surface area contributed by atoms with Crippen LogP contribution in [0.5, 0.6) is 0 Å². The molecule has 0 spiro atoms. The zero-order valence-electron chi connectivity index (χ0n) is 35.5. The topological polar surface area (TPSA) is 169 Å². The van der Waals surface area contributed by atoms with Gasteiger partial charge in [0.25, 0.3) is 7.82 Å². The number of hydrogen-bond donors (Lipinski definition) is 2. The quantitative estimate of drug-likeness (QED) is 0.0210. The van der Waals surface area contributed by atoms with E-state index in [-0.39, 0.29) is 44.2 Å². The van der Waals surface area contributed by atoms with Gasteiger partial charge in [0.2, 0.25) is 0 Å². The van der Waals surface area contributed by atoms with Crippen molar-refractivity contribution >= 4 is 25.5 Å². The molecule has 1 aliphatic rings. The number of likely N-dealkylation sites (N-methyl/N-ethyl adjacent to an activating group) is 1. The van der Waals surface area contributed by atoms with Crippen LogP contribution in [0.3, 0.4) is 0 Å². The molecule has 0 bridgehead atoms. The fraction of sp³-hybridized carbons (Fsp3) is 0.837. The molecule has 0 aromatic carbocycles. The number of unbranched alkanes of at least 4 members (excludes halogenated alkanes) is 14. The average Bonchev–Trinajstić information content (AvgIpc) is 3.40. The number of ketones is 1. The molecular weight excluding hydrogens is 737 g/mol. The highest BCUT2D eigenvalue weighted by Crippen LogP contribution is 2.38. The Labute approximate surface area is 339 Å². The van der Waals surface area contributed by atoms with Crippen LogP contribution in [-0.2, 0) is 37.5 Å². The number of carbonyl (C=O) groups excluding carboxylic acids is 3. The molecule has 1 fully saturated rings. The molecule has 12 nitrogen and oxygen atoms in total. The highest BCUT2D eigenvalue weighted by atomic mass is 31.2. The lowest BCUT2D eigenvalue weighted by atomic mass is 9.90. The van der Waals surface area contributed by atoms with Gasteiger partial charge in [0.15, 0.2) is 6.10 Å². The van der Waals surface area contributed by atoms with Crippen LogP contribution in [0.15, 0.2) is 24.3 Å². The van der Waals surface area contributed by atoms with Gasteiger partial charge in [0.05, 0.1) is 40.0 Å². The second-order valence-electron chi connectivity index (χ2n) is 16.5. The monoisotopic (exact) mass is 816 g/mol. The van der Waals surface area contributed by atoms with Gasteiger partial charge in [-0.3, -0.25) is 18.9 Å². The smallest absolute Gasteiger partial charge is 0.306 e. The molecule has 0 amide bonds. The Kier molecular flexibility index (Phi) is 28.9. The van der Waals surface area contributed by atoms with Crippen molar-refractivity contribution in [2.75, 3.05) is 47.5 Å². The standard InChI is InChI=1S/C43H78NO11P/c1-6-8-10-11-12-13-14-15-16-17-18-23-27-42(48)52-34-37(35-54-56(50,51)53-32-31-44(3,4)5)55-43(49)28-24-20-19-22-26-38-39(41(47)33-40(38)46)30-29-36(45)25-21-9-7-2/h19,22,29-30,36-40,45-46H,6-18,20-21,23-28,31-35H2,1-5H3/b22-19-,30-29+/t36-,37+,38+,39+,40-/m0/s1. The van der Waals surface area contributed by atoms with Crippen molar-refractivity contribution in [2.24, 2.45) is 11.8 Å². The van der Waals surface area contributed by atoms with E-state index in [1.54, 1.807) is 12.2 Å². The summed E-state index contributed by atoms with van der Waals surface area (Å²) in [5.41, 5.74) is 0. The minimum absolute atomic E-state index is 0.0340. The molecule has 1 aliphatic carbocycles. The maximum atomic E-state index is 12.8. The summed E-state index contributed by atoms with van der Waals surface area (Å²) in [6.07, 6.45) is 24.3. The number of nitrogens with zero attached hydrogens (tertiary/aromatic N) is 1. The van der Waals surface area contributed by atoms with E-state index in [1.165, 1.54) is 51.4 Å². The van der Waals surface area contributed by atoms with Crippen molar-refractivity contribution in [3.8, 4) is 0 Å². The molecule has 13 heteroatoms. The maximum Gasteiger partial charge on any atom is 0.306 e. The third kappa shape index (κ3) is 27.7. The Bertz CT molecular complexity index is 1170. The molecule has 2 N–H and O–H groups in total. The predicted octanol–water partition coefficient (Wildman–Crippen LogP) is 7.92. The Morgan fingerprint density at radius 3 is 2.05 bits per heavy atom. The second kappa shape index (κ2) is 31.1. The highest BCUT2D eigenvalue weighted by Gasteiger charge is 2.39. The molecule has 0 radical (unpaired) electrons. The summed E-state index contributed by atoms with van der Waals surface area (Å²) in [5.74, 6) is -1.79. The molecule has 0 aliphatic heterocycles. The Morgan fingerprint density at radius 2 is 1.43 bits per heavy atom. The van der Waals surface area contributed by atoms with Gasteiger partial charge in [-0.25, -0.2) is 0 Å².